The van der Waals surface area contributed by atoms with E-state index in [1.54, 1.807) is 0 Å². The average molecular weight is 714 g/mol. The van der Waals surface area contributed by atoms with E-state index in [2.05, 4.69) is 13.8 Å². The lowest BCUT2D eigenvalue weighted by molar-refractivity contribution is -0.168. The lowest BCUT2D eigenvalue weighted by atomic mass is 9.92. The Balaban J connectivity index is 4.99. The summed E-state index contributed by atoms with van der Waals surface area (Å²) in [5, 5.41) is 29.4. The van der Waals surface area contributed by atoms with E-state index in [9.17, 15) is 34.5 Å². The molecule has 3 N–H and O–H groups in total. The van der Waals surface area contributed by atoms with Crippen molar-refractivity contribution in [1.82, 2.24) is 4.90 Å². The summed E-state index contributed by atoms with van der Waals surface area (Å²) in [6.45, 7) is 5.07. The van der Waals surface area contributed by atoms with E-state index < -0.39 is 41.8 Å². The predicted molar refractivity (Wildman–Crippen MR) is 204 cm³/mol. The number of carboxylic acids is 1. The second-order valence-electron chi connectivity index (χ2n) is 14.2. The van der Waals surface area contributed by atoms with Crippen LogP contribution in [0.4, 0.5) is 0 Å². The van der Waals surface area contributed by atoms with Crippen molar-refractivity contribution in [2.75, 3.05) is 18.1 Å². The van der Waals surface area contributed by atoms with Crippen molar-refractivity contribution in [3.05, 3.63) is 0 Å². The number of unbranched alkanes of at least 4 members (excludes halogenated alkanes) is 24. The molecule has 0 fully saturated rings. The second kappa shape index (κ2) is 32.5. The Hall–Kier alpha value is -1.45. The zero-order valence-electron chi connectivity index (χ0n) is 31.8. The highest BCUT2D eigenvalue weighted by atomic mass is 32.2. The first-order valence-corrected chi connectivity index (χ1v) is 21.3. The van der Waals surface area contributed by atoms with Crippen molar-refractivity contribution in [2.24, 2.45) is 0 Å². The van der Waals surface area contributed by atoms with E-state index in [-0.39, 0.29) is 24.3 Å². The lowest BCUT2D eigenvalue weighted by Gasteiger charge is -2.37. The van der Waals surface area contributed by atoms with Crippen LogP contribution in [0.5, 0.6) is 0 Å². The van der Waals surface area contributed by atoms with Crippen LogP contribution in [-0.4, -0.2) is 73.5 Å². The number of amides is 2. The predicted octanol–water partition coefficient (Wildman–Crippen LogP) is 9.80. The number of ketones is 1. The maximum absolute atomic E-state index is 13.6. The topological polar surface area (TPSA) is 132 Å². The number of aliphatic hydroxyl groups is 2. The number of hydrogen-bond donors (Lipinski definition) is 3. The fraction of sp³-hybridized carbons (Fsp3) is 0.900. The highest BCUT2D eigenvalue weighted by Gasteiger charge is 2.53. The van der Waals surface area contributed by atoms with E-state index in [0.29, 0.717) is 12.8 Å². The maximum atomic E-state index is 13.6. The number of Topliss-reactive ketones (excluding diaryl/α,β-unsaturated/α-hetero) is 1. The zero-order valence-corrected chi connectivity index (χ0v) is 32.6. The number of imide groups is 1. The zero-order chi connectivity index (χ0) is 36.6. The average Bonchev–Trinajstić information content (AvgIpc) is 3.07. The largest absolute Gasteiger partial charge is 0.479 e. The number of carboxylic acid groups (broad SMARTS) is 1. The highest BCUT2D eigenvalue weighted by Crippen LogP contribution is 2.28. The fourth-order valence-corrected chi connectivity index (χ4v) is 7.65. The Morgan fingerprint density at radius 3 is 1.14 bits per heavy atom. The molecule has 0 aromatic carbocycles. The Morgan fingerprint density at radius 1 is 0.571 bits per heavy atom. The van der Waals surface area contributed by atoms with Gasteiger partial charge in [-0.05, 0) is 19.8 Å². The molecule has 9 heteroatoms. The van der Waals surface area contributed by atoms with Crippen LogP contribution < -0.4 is 0 Å². The van der Waals surface area contributed by atoms with Crippen LogP contribution in [0.15, 0.2) is 0 Å². The van der Waals surface area contributed by atoms with Crippen molar-refractivity contribution in [2.45, 2.75) is 212 Å². The molecule has 8 nitrogen and oxygen atoms in total. The molecular weight excluding hydrogens is 639 g/mol. The van der Waals surface area contributed by atoms with E-state index in [0.717, 1.165) is 75.0 Å². The van der Waals surface area contributed by atoms with Crippen LogP contribution >= 0.6 is 11.8 Å². The van der Waals surface area contributed by atoms with Crippen LogP contribution in [0.2, 0.25) is 0 Å². The van der Waals surface area contributed by atoms with Gasteiger partial charge in [-0.2, -0.15) is 11.8 Å². The molecule has 0 spiro atoms. The lowest BCUT2D eigenvalue weighted by Crippen LogP contribution is -2.65. The number of nitrogens with zero attached hydrogens (tertiary/aromatic N) is 1. The number of aliphatic carboxylic acids is 1. The fourth-order valence-electron chi connectivity index (χ4n) is 6.40. The number of aliphatic hydroxyl groups excluding tert-OH is 2. The molecule has 0 radical (unpaired) electrons. The van der Waals surface area contributed by atoms with Gasteiger partial charge in [-0.25, -0.2) is 4.79 Å². The first kappa shape index (κ1) is 47.5. The Kier molecular flexibility index (Phi) is 31.5. The number of hydrogen-bond acceptors (Lipinski definition) is 7. The number of carbonyl (C=O) groups excluding carboxylic acids is 3. The van der Waals surface area contributed by atoms with E-state index in [4.69, 9.17) is 0 Å². The highest BCUT2D eigenvalue weighted by molar-refractivity contribution is 7.99. The van der Waals surface area contributed by atoms with Gasteiger partial charge >= 0.3 is 5.97 Å². The molecule has 0 aliphatic rings. The third-order valence-corrected chi connectivity index (χ3v) is 10.9. The summed E-state index contributed by atoms with van der Waals surface area (Å²) < 4.78 is 0. The quantitative estimate of drug-likeness (QED) is 0.0432. The second-order valence-corrected chi connectivity index (χ2v) is 15.2. The Morgan fingerprint density at radius 2 is 0.878 bits per heavy atom. The Labute approximate surface area is 304 Å². The van der Waals surface area contributed by atoms with Crippen molar-refractivity contribution in [3.63, 3.8) is 0 Å². The van der Waals surface area contributed by atoms with Gasteiger partial charge in [0.15, 0.2) is 5.78 Å². The van der Waals surface area contributed by atoms with Gasteiger partial charge in [0.2, 0.25) is 17.4 Å². The van der Waals surface area contributed by atoms with Gasteiger partial charge in [0.05, 0.1) is 12.7 Å². The summed E-state index contributed by atoms with van der Waals surface area (Å²) in [5.41, 5.74) is -2.35. The van der Waals surface area contributed by atoms with E-state index >= 15 is 0 Å². The number of rotatable bonds is 36. The first-order chi connectivity index (χ1) is 23.7. The summed E-state index contributed by atoms with van der Waals surface area (Å²) in [7, 11) is 0. The van der Waals surface area contributed by atoms with Crippen molar-refractivity contribution in [1.29, 1.82) is 0 Å². The summed E-state index contributed by atoms with van der Waals surface area (Å²) in [6.07, 6.45) is 28.7. The number of carbonyl (C=O) groups is 4. The third-order valence-electron chi connectivity index (χ3n) is 9.64. The first-order valence-electron chi connectivity index (χ1n) is 20.2. The monoisotopic (exact) mass is 714 g/mol. The van der Waals surface area contributed by atoms with Crippen LogP contribution in [-0.2, 0) is 19.2 Å². The van der Waals surface area contributed by atoms with Gasteiger partial charge < -0.3 is 15.3 Å². The summed E-state index contributed by atoms with van der Waals surface area (Å²) in [4.78, 5) is 53.8. The van der Waals surface area contributed by atoms with Gasteiger partial charge in [-0.1, -0.05) is 168 Å². The summed E-state index contributed by atoms with van der Waals surface area (Å²) >= 11 is 0.950. The van der Waals surface area contributed by atoms with Gasteiger partial charge in [0, 0.05) is 24.3 Å². The molecule has 1 unspecified atom stereocenters. The molecule has 2 amide bonds. The van der Waals surface area contributed by atoms with Crippen LogP contribution in [0, 0.1) is 0 Å². The van der Waals surface area contributed by atoms with Gasteiger partial charge in [0.25, 0.3) is 0 Å². The summed E-state index contributed by atoms with van der Waals surface area (Å²) in [6, 6.07) is 0. The molecule has 0 aromatic heterocycles. The van der Waals surface area contributed by atoms with Gasteiger partial charge in [-0.3, -0.25) is 19.3 Å². The molecule has 0 aliphatic heterocycles. The molecule has 2 atom stereocenters. The molecule has 0 aromatic rings. The van der Waals surface area contributed by atoms with Crippen LogP contribution in [0.1, 0.15) is 201 Å². The van der Waals surface area contributed by atoms with Crippen molar-refractivity contribution < 1.29 is 34.5 Å². The van der Waals surface area contributed by atoms with Crippen molar-refractivity contribution >= 4 is 35.3 Å². The normalized spacial score (nSPS) is 13.2. The SMILES string of the molecule is CCCCCCCCCCCCCCCC(=O)N(C(=O)CCCCCCCCCCCCCCC)[C@](CSCC(O)CO)(C(C)=O)C(=O)O. The summed E-state index contributed by atoms with van der Waals surface area (Å²) in [5.74, 6) is -3.96. The van der Waals surface area contributed by atoms with Gasteiger partial charge in [0.1, 0.15) is 0 Å². The molecule has 288 valence electrons. The standard InChI is InChI=1S/C40H75NO7S/c1-4-6-8-10-12-14-16-18-20-22-24-26-28-30-37(45)41(40(35(3)43,39(47)48)34-49-33-36(44)32-42)38(46)31-29-27-25-23-21-19-17-15-13-11-9-7-5-2/h36,42,44H,4-34H2,1-3H3,(H,47,48)/t36?,40-/m1/s1. The minimum Gasteiger partial charge on any atom is -0.479 e. The minimum atomic E-state index is -2.35. The molecule has 0 heterocycles. The molecule has 0 rings (SSSR count). The Bertz CT molecular complexity index is 796. The maximum Gasteiger partial charge on any atom is 0.338 e. The molecule has 0 bridgehead atoms. The minimum absolute atomic E-state index is 0.00828. The molecule has 0 saturated carbocycles. The van der Waals surface area contributed by atoms with Crippen molar-refractivity contribution in [3.8, 4) is 0 Å². The van der Waals surface area contributed by atoms with Crippen LogP contribution in [0.25, 0.3) is 0 Å². The molecule has 0 aliphatic carbocycles. The molecule has 0 saturated heterocycles. The van der Waals surface area contributed by atoms with Gasteiger partial charge in [-0.15, -0.1) is 0 Å². The smallest absolute Gasteiger partial charge is 0.338 e. The van der Waals surface area contributed by atoms with E-state index in [1.165, 1.54) is 103 Å². The van der Waals surface area contributed by atoms with E-state index in [1.807, 2.05) is 0 Å². The third kappa shape index (κ3) is 22.9. The van der Waals surface area contributed by atoms with Crippen LogP contribution in [0.3, 0.4) is 0 Å². The molecule has 49 heavy (non-hydrogen) atoms. The number of thioether (sulfide) groups is 1. The molecular formula is C40H75NO7S.